The monoisotopic (exact) mass is 237 g/mol. The first-order valence-electron chi connectivity index (χ1n) is 6.81. The van der Waals surface area contributed by atoms with Gasteiger partial charge in [-0.25, -0.2) is 0 Å². The molecular formula is C12H23N5. The van der Waals surface area contributed by atoms with Crippen molar-refractivity contribution >= 4 is 0 Å². The van der Waals surface area contributed by atoms with E-state index in [2.05, 4.69) is 32.6 Å². The Morgan fingerprint density at radius 3 is 2.65 bits per heavy atom. The maximum absolute atomic E-state index is 4.12. The van der Waals surface area contributed by atoms with Gasteiger partial charge in [0.2, 0.25) is 0 Å². The molecule has 0 aromatic carbocycles. The number of tetrazole rings is 1. The summed E-state index contributed by atoms with van der Waals surface area (Å²) in [6, 6.07) is 1.14. The van der Waals surface area contributed by atoms with Crippen LogP contribution in [-0.2, 0) is 0 Å². The molecule has 3 unspecified atom stereocenters. The van der Waals surface area contributed by atoms with E-state index < -0.39 is 0 Å². The molecule has 2 heterocycles. The van der Waals surface area contributed by atoms with Crippen LogP contribution in [0.2, 0.25) is 0 Å². The molecule has 1 saturated carbocycles. The fourth-order valence-electron chi connectivity index (χ4n) is 3.28. The van der Waals surface area contributed by atoms with E-state index in [1.807, 2.05) is 13.8 Å². The molecule has 3 rings (SSSR count). The number of aromatic amines is 1. The van der Waals surface area contributed by atoms with Crippen LogP contribution in [0.25, 0.3) is 0 Å². The number of aromatic nitrogens is 4. The van der Waals surface area contributed by atoms with Crippen LogP contribution in [-0.4, -0.2) is 38.6 Å². The highest BCUT2D eigenvalue weighted by Gasteiger charge is 2.41. The number of nitrogens with zero attached hydrogens (tertiary/aromatic N) is 4. The Labute approximate surface area is 103 Å². The van der Waals surface area contributed by atoms with E-state index in [9.17, 15) is 0 Å². The van der Waals surface area contributed by atoms with E-state index in [-0.39, 0.29) is 0 Å². The maximum atomic E-state index is 4.12. The van der Waals surface area contributed by atoms with E-state index >= 15 is 0 Å². The van der Waals surface area contributed by atoms with Gasteiger partial charge in [0.25, 0.3) is 0 Å². The topological polar surface area (TPSA) is 57.7 Å². The van der Waals surface area contributed by atoms with Gasteiger partial charge >= 0.3 is 0 Å². The molecule has 1 saturated heterocycles. The number of hydrogen-bond acceptors (Lipinski definition) is 4. The molecule has 2 fully saturated rings. The lowest BCUT2D eigenvalue weighted by Crippen LogP contribution is -2.32. The van der Waals surface area contributed by atoms with Crippen molar-refractivity contribution in [3.05, 3.63) is 5.82 Å². The van der Waals surface area contributed by atoms with Crippen LogP contribution >= 0.6 is 0 Å². The average Bonchev–Trinajstić information content (AvgIpc) is 3.00. The van der Waals surface area contributed by atoms with Gasteiger partial charge in [0.05, 0.1) is 6.04 Å². The van der Waals surface area contributed by atoms with Crippen LogP contribution in [0.5, 0.6) is 0 Å². The first-order valence-corrected chi connectivity index (χ1v) is 6.81. The minimum absolute atomic E-state index is 0.386. The zero-order chi connectivity index (χ0) is 12.3. The summed E-state index contributed by atoms with van der Waals surface area (Å²) in [6.45, 7) is 4.00. The molecule has 1 aromatic rings. The molecule has 1 N–H and O–H groups in total. The summed E-state index contributed by atoms with van der Waals surface area (Å²) in [5, 5.41) is 14.4. The van der Waals surface area contributed by atoms with Gasteiger partial charge < -0.3 is 0 Å². The third-order valence-corrected chi connectivity index (χ3v) is 4.07. The van der Waals surface area contributed by atoms with Crippen LogP contribution < -0.4 is 0 Å². The van der Waals surface area contributed by atoms with E-state index in [0.717, 1.165) is 17.8 Å². The standard InChI is InChI=1S/C10H17N5.C2H6/c1-15-8-5-3-2-4-7(8)6-9(15)10-11-13-14-12-10;1-2/h7-9H,2-6H2,1H3,(H,11,12,13,14);1-2H3. The molecule has 5 heteroatoms. The van der Waals surface area contributed by atoms with Crippen molar-refractivity contribution in [1.29, 1.82) is 0 Å². The number of rotatable bonds is 1. The van der Waals surface area contributed by atoms with Gasteiger partial charge in [-0.05, 0) is 32.2 Å². The summed E-state index contributed by atoms with van der Waals surface area (Å²) in [6.07, 6.45) is 6.71. The quantitative estimate of drug-likeness (QED) is 0.813. The second kappa shape index (κ2) is 5.58. The third-order valence-electron chi connectivity index (χ3n) is 4.07. The maximum Gasteiger partial charge on any atom is 0.191 e. The van der Waals surface area contributed by atoms with Gasteiger partial charge in [-0.3, -0.25) is 4.90 Å². The number of H-pyrrole nitrogens is 1. The van der Waals surface area contributed by atoms with Crippen molar-refractivity contribution in [2.75, 3.05) is 7.05 Å². The molecule has 0 spiro atoms. The second-order valence-electron chi connectivity index (χ2n) is 4.80. The molecule has 17 heavy (non-hydrogen) atoms. The Balaban J connectivity index is 0.000000514. The molecule has 0 bridgehead atoms. The second-order valence-corrected chi connectivity index (χ2v) is 4.80. The van der Waals surface area contributed by atoms with Crippen molar-refractivity contribution in [2.24, 2.45) is 5.92 Å². The number of fused-ring (bicyclic) bond motifs is 1. The summed E-state index contributed by atoms with van der Waals surface area (Å²) in [5.41, 5.74) is 0. The van der Waals surface area contributed by atoms with Crippen LogP contribution in [0.15, 0.2) is 0 Å². The molecule has 2 aliphatic rings. The van der Waals surface area contributed by atoms with E-state index in [4.69, 9.17) is 0 Å². The van der Waals surface area contributed by atoms with Crippen molar-refractivity contribution < 1.29 is 0 Å². The highest BCUT2D eigenvalue weighted by Crippen LogP contribution is 2.43. The SMILES string of the molecule is CC.CN1C(c2nn[nH]n2)CC2CCCCC21. The van der Waals surface area contributed by atoms with Crippen molar-refractivity contribution in [2.45, 2.75) is 58.0 Å². The fourth-order valence-corrected chi connectivity index (χ4v) is 3.28. The zero-order valence-electron chi connectivity index (χ0n) is 11.1. The highest BCUT2D eigenvalue weighted by atomic mass is 15.5. The highest BCUT2D eigenvalue weighted by molar-refractivity contribution is 5.01. The summed E-state index contributed by atoms with van der Waals surface area (Å²) in [5.74, 6) is 1.72. The minimum Gasteiger partial charge on any atom is -0.293 e. The molecule has 1 aliphatic heterocycles. The van der Waals surface area contributed by atoms with Crippen LogP contribution in [0.3, 0.4) is 0 Å². The van der Waals surface area contributed by atoms with Gasteiger partial charge in [-0.15, -0.1) is 10.2 Å². The predicted molar refractivity (Wildman–Crippen MR) is 66.4 cm³/mol. The van der Waals surface area contributed by atoms with Gasteiger partial charge in [-0.2, -0.15) is 5.21 Å². The van der Waals surface area contributed by atoms with Crippen molar-refractivity contribution in [3.63, 3.8) is 0 Å². The van der Waals surface area contributed by atoms with Gasteiger partial charge in [0.15, 0.2) is 5.82 Å². The number of nitrogens with one attached hydrogen (secondary N) is 1. The Hall–Kier alpha value is -0.970. The first kappa shape index (κ1) is 12.5. The average molecular weight is 237 g/mol. The summed E-state index contributed by atoms with van der Waals surface area (Å²) in [7, 11) is 2.21. The molecule has 0 radical (unpaired) electrons. The predicted octanol–water partition coefficient (Wildman–Crippen LogP) is 2.16. The normalized spacial score (nSPS) is 32.8. The van der Waals surface area contributed by atoms with E-state index in [0.29, 0.717) is 6.04 Å². The van der Waals surface area contributed by atoms with E-state index in [1.165, 1.54) is 32.1 Å². The summed E-state index contributed by atoms with van der Waals surface area (Å²) < 4.78 is 0. The third kappa shape index (κ3) is 2.34. The van der Waals surface area contributed by atoms with Gasteiger partial charge in [0.1, 0.15) is 0 Å². The number of hydrogen-bond donors (Lipinski definition) is 1. The van der Waals surface area contributed by atoms with Crippen LogP contribution in [0.1, 0.15) is 57.8 Å². The Bertz CT molecular complexity index is 324. The van der Waals surface area contributed by atoms with Crippen molar-refractivity contribution in [3.8, 4) is 0 Å². The lowest BCUT2D eigenvalue weighted by Gasteiger charge is -2.30. The first-order chi connectivity index (χ1) is 8.36. The summed E-state index contributed by atoms with van der Waals surface area (Å²) in [4.78, 5) is 2.45. The molecular weight excluding hydrogens is 214 g/mol. The number of likely N-dealkylation sites (tertiary alicyclic amines) is 1. The lowest BCUT2D eigenvalue weighted by atomic mass is 9.85. The molecule has 1 aromatic heterocycles. The van der Waals surface area contributed by atoms with E-state index in [1.54, 1.807) is 0 Å². The molecule has 1 aliphatic carbocycles. The zero-order valence-corrected chi connectivity index (χ0v) is 11.1. The van der Waals surface area contributed by atoms with Crippen molar-refractivity contribution in [1.82, 2.24) is 25.5 Å². The van der Waals surface area contributed by atoms with Gasteiger partial charge in [0, 0.05) is 6.04 Å². The Morgan fingerprint density at radius 1 is 1.24 bits per heavy atom. The smallest absolute Gasteiger partial charge is 0.191 e. The molecule has 5 nitrogen and oxygen atoms in total. The Kier molecular flexibility index (Phi) is 4.10. The minimum atomic E-state index is 0.386. The molecule has 0 amide bonds. The van der Waals surface area contributed by atoms with Crippen LogP contribution in [0.4, 0.5) is 0 Å². The van der Waals surface area contributed by atoms with Gasteiger partial charge in [-0.1, -0.05) is 31.9 Å². The fraction of sp³-hybridized carbons (Fsp3) is 0.917. The molecule has 96 valence electrons. The lowest BCUT2D eigenvalue weighted by molar-refractivity contribution is 0.184. The largest absolute Gasteiger partial charge is 0.293 e. The Morgan fingerprint density at radius 2 is 2.00 bits per heavy atom. The summed E-state index contributed by atoms with van der Waals surface area (Å²) >= 11 is 0. The van der Waals surface area contributed by atoms with Crippen LogP contribution in [0, 0.1) is 5.92 Å². The molecule has 3 atom stereocenters.